The summed E-state index contributed by atoms with van der Waals surface area (Å²) in [6.07, 6.45) is 0. The maximum absolute atomic E-state index is 13.7. The van der Waals surface area contributed by atoms with Crippen LogP contribution in [0.2, 0.25) is 0 Å². The van der Waals surface area contributed by atoms with Crippen LogP contribution in [0.15, 0.2) is 18.2 Å². The summed E-state index contributed by atoms with van der Waals surface area (Å²) >= 11 is 0. The number of esters is 1. The van der Waals surface area contributed by atoms with Crippen LogP contribution in [0.5, 0.6) is 0 Å². The molecule has 0 bridgehead atoms. The number of carbonyl (C=O) groups is 4. The molecule has 0 radical (unpaired) electrons. The third-order valence-electron chi connectivity index (χ3n) is 3.82. The highest BCUT2D eigenvalue weighted by Crippen LogP contribution is 2.13. The number of rotatable bonds is 8. The van der Waals surface area contributed by atoms with E-state index in [1.54, 1.807) is 13.8 Å². The van der Waals surface area contributed by atoms with Crippen molar-refractivity contribution in [2.75, 3.05) is 27.2 Å². The lowest BCUT2D eigenvalue weighted by atomic mass is 10.0. The minimum Gasteiger partial charge on any atom is -0.454 e. The molecule has 0 aliphatic rings. The van der Waals surface area contributed by atoms with Gasteiger partial charge in [-0.1, -0.05) is 19.9 Å². The lowest BCUT2D eigenvalue weighted by molar-refractivity contribution is -0.154. The van der Waals surface area contributed by atoms with Crippen molar-refractivity contribution in [3.8, 4) is 0 Å². The molecule has 0 fully saturated rings. The number of benzene rings is 1. The number of nitrogens with one attached hydrogen (secondary N) is 2. The molecule has 8 nitrogen and oxygen atoms in total. The summed E-state index contributed by atoms with van der Waals surface area (Å²) in [5.41, 5.74) is -0.817. The number of hydrogen-bond acceptors (Lipinski definition) is 5. The summed E-state index contributed by atoms with van der Waals surface area (Å²) in [5.74, 6) is -5.72. The zero-order valence-corrected chi connectivity index (χ0v) is 16.0. The van der Waals surface area contributed by atoms with E-state index in [9.17, 15) is 28.0 Å². The van der Waals surface area contributed by atoms with Crippen LogP contribution in [0.4, 0.5) is 8.78 Å². The average Bonchev–Trinajstić information content (AvgIpc) is 2.63. The second-order valence-electron chi connectivity index (χ2n) is 6.32. The van der Waals surface area contributed by atoms with Crippen molar-refractivity contribution >= 4 is 23.7 Å². The largest absolute Gasteiger partial charge is 0.454 e. The molecule has 0 aromatic heterocycles. The van der Waals surface area contributed by atoms with Gasteiger partial charge in [-0.25, -0.2) is 13.6 Å². The van der Waals surface area contributed by atoms with E-state index in [0.717, 1.165) is 23.1 Å². The smallest absolute Gasteiger partial charge is 0.329 e. The summed E-state index contributed by atoms with van der Waals surface area (Å²) in [6, 6.07) is 1.71. The van der Waals surface area contributed by atoms with Crippen LogP contribution in [0.3, 0.4) is 0 Å². The van der Waals surface area contributed by atoms with Gasteiger partial charge in [-0.15, -0.1) is 0 Å². The quantitative estimate of drug-likeness (QED) is 0.619. The highest BCUT2D eigenvalue weighted by Gasteiger charge is 2.29. The van der Waals surface area contributed by atoms with E-state index >= 15 is 0 Å². The standard InChI is InChI=1S/C18H23F2N3O5/c1-10(2)16(22-17(26)15-11(19)6-5-7-12(15)20)18(27)28-9-14(25)23(4)8-13(24)21-3/h5-7,10,16H,8-9H2,1-4H3,(H,21,24)(H,22,26)/t16-/m0/s1. The molecule has 10 heteroatoms. The summed E-state index contributed by atoms with van der Waals surface area (Å²) < 4.78 is 32.4. The molecule has 0 spiro atoms. The van der Waals surface area contributed by atoms with Gasteiger partial charge in [0.2, 0.25) is 5.91 Å². The Morgan fingerprint density at radius 3 is 2.21 bits per heavy atom. The summed E-state index contributed by atoms with van der Waals surface area (Å²) in [5, 5.41) is 4.57. The first-order valence-electron chi connectivity index (χ1n) is 8.44. The third-order valence-corrected chi connectivity index (χ3v) is 3.82. The fraction of sp³-hybridized carbons (Fsp3) is 0.444. The van der Waals surface area contributed by atoms with E-state index in [4.69, 9.17) is 4.74 Å². The van der Waals surface area contributed by atoms with Crippen molar-refractivity contribution in [2.45, 2.75) is 19.9 Å². The number of halogens is 2. The Balaban J connectivity index is 2.75. The predicted molar refractivity (Wildman–Crippen MR) is 95.1 cm³/mol. The Kier molecular flexibility index (Phi) is 8.49. The van der Waals surface area contributed by atoms with Crippen LogP contribution in [-0.4, -0.2) is 61.9 Å². The van der Waals surface area contributed by atoms with E-state index in [1.165, 1.54) is 14.1 Å². The van der Waals surface area contributed by atoms with Gasteiger partial charge in [-0.2, -0.15) is 0 Å². The summed E-state index contributed by atoms with van der Waals surface area (Å²) in [6.45, 7) is 2.30. The fourth-order valence-corrected chi connectivity index (χ4v) is 2.14. The van der Waals surface area contributed by atoms with Gasteiger partial charge in [-0.3, -0.25) is 14.4 Å². The molecule has 1 atom stereocenters. The van der Waals surface area contributed by atoms with E-state index in [0.29, 0.717) is 0 Å². The minimum absolute atomic E-state index is 0.218. The van der Waals surface area contributed by atoms with Gasteiger partial charge in [0.25, 0.3) is 11.8 Å². The highest BCUT2D eigenvalue weighted by atomic mass is 19.1. The number of likely N-dealkylation sites (N-methyl/N-ethyl adjacent to an activating group) is 2. The molecule has 0 saturated carbocycles. The zero-order valence-electron chi connectivity index (χ0n) is 16.0. The molecule has 0 aliphatic heterocycles. The SMILES string of the molecule is CNC(=O)CN(C)C(=O)COC(=O)[C@@H](NC(=O)c1c(F)cccc1F)C(C)C. The van der Waals surface area contributed by atoms with Crippen molar-refractivity contribution in [3.05, 3.63) is 35.4 Å². The second-order valence-corrected chi connectivity index (χ2v) is 6.32. The van der Waals surface area contributed by atoms with Gasteiger partial charge in [0.15, 0.2) is 6.61 Å². The predicted octanol–water partition coefficient (Wildman–Crippen LogP) is 0.467. The topological polar surface area (TPSA) is 105 Å². The van der Waals surface area contributed by atoms with Crippen molar-refractivity contribution < 1.29 is 32.7 Å². The molecule has 2 N–H and O–H groups in total. The van der Waals surface area contributed by atoms with E-state index < -0.39 is 59.5 Å². The Morgan fingerprint density at radius 1 is 1.14 bits per heavy atom. The molecular weight excluding hydrogens is 376 g/mol. The molecule has 28 heavy (non-hydrogen) atoms. The zero-order chi connectivity index (χ0) is 21.4. The molecule has 154 valence electrons. The first kappa shape index (κ1) is 23.0. The van der Waals surface area contributed by atoms with Crippen LogP contribution in [0.1, 0.15) is 24.2 Å². The van der Waals surface area contributed by atoms with Crippen LogP contribution in [0.25, 0.3) is 0 Å². The van der Waals surface area contributed by atoms with E-state index in [1.807, 2.05) is 0 Å². The van der Waals surface area contributed by atoms with Gasteiger partial charge in [0, 0.05) is 14.1 Å². The van der Waals surface area contributed by atoms with Gasteiger partial charge in [-0.05, 0) is 18.1 Å². The third kappa shape index (κ3) is 6.29. The minimum atomic E-state index is -1.23. The molecule has 0 saturated heterocycles. The Hall–Kier alpha value is -3.04. The lowest BCUT2D eigenvalue weighted by Gasteiger charge is -2.22. The first-order chi connectivity index (χ1) is 13.1. The molecule has 1 aromatic carbocycles. The van der Waals surface area contributed by atoms with Gasteiger partial charge in [0.05, 0.1) is 6.54 Å². The van der Waals surface area contributed by atoms with Gasteiger partial charge < -0.3 is 20.3 Å². The van der Waals surface area contributed by atoms with Crippen LogP contribution in [0, 0.1) is 17.6 Å². The average molecular weight is 399 g/mol. The van der Waals surface area contributed by atoms with E-state index in [2.05, 4.69) is 10.6 Å². The van der Waals surface area contributed by atoms with E-state index in [-0.39, 0.29) is 6.54 Å². The monoisotopic (exact) mass is 399 g/mol. The van der Waals surface area contributed by atoms with Crippen molar-refractivity contribution in [1.29, 1.82) is 0 Å². The van der Waals surface area contributed by atoms with Crippen molar-refractivity contribution in [1.82, 2.24) is 15.5 Å². The number of carbonyl (C=O) groups excluding carboxylic acids is 4. The maximum atomic E-state index is 13.7. The summed E-state index contributed by atoms with van der Waals surface area (Å²) in [7, 11) is 2.77. The van der Waals surface area contributed by atoms with Gasteiger partial charge in [0.1, 0.15) is 23.2 Å². The number of ether oxygens (including phenoxy) is 1. The van der Waals surface area contributed by atoms with Crippen LogP contribution >= 0.6 is 0 Å². The number of amides is 3. The molecule has 0 unspecified atom stereocenters. The van der Waals surface area contributed by atoms with Crippen LogP contribution < -0.4 is 10.6 Å². The Bertz CT molecular complexity index is 734. The molecule has 1 aromatic rings. The molecule has 3 amide bonds. The molecule has 1 rings (SSSR count). The van der Waals surface area contributed by atoms with Crippen molar-refractivity contribution in [3.63, 3.8) is 0 Å². The first-order valence-corrected chi connectivity index (χ1v) is 8.44. The lowest BCUT2D eigenvalue weighted by Crippen LogP contribution is -2.47. The second kappa shape index (κ2) is 10.3. The Labute approximate surface area is 161 Å². The number of nitrogens with zero attached hydrogens (tertiary/aromatic N) is 1. The van der Waals surface area contributed by atoms with Crippen LogP contribution in [-0.2, 0) is 19.1 Å². The summed E-state index contributed by atoms with van der Waals surface area (Å²) in [4.78, 5) is 48.7. The van der Waals surface area contributed by atoms with Crippen molar-refractivity contribution in [2.24, 2.45) is 5.92 Å². The van der Waals surface area contributed by atoms with Gasteiger partial charge >= 0.3 is 5.97 Å². The molecule has 0 aliphatic carbocycles. The Morgan fingerprint density at radius 2 is 1.71 bits per heavy atom. The highest BCUT2D eigenvalue weighted by molar-refractivity contribution is 5.97. The maximum Gasteiger partial charge on any atom is 0.329 e. The number of hydrogen-bond donors (Lipinski definition) is 2. The molecular formula is C18H23F2N3O5. The molecule has 0 heterocycles. The normalized spacial score (nSPS) is 11.5. The fourth-order valence-electron chi connectivity index (χ4n) is 2.14.